The van der Waals surface area contributed by atoms with Gasteiger partial charge in [0.05, 0.1) is 13.1 Å². The fourth-order valence-electron chi connectivity index (χ4n) is 3.62. The van der Waals surface area contributed by atoms with Crippen molar-refractivity contribution in [3.8, 4) is 11.8 Å². The third-order valence-electron chi connectivity index (χ3n) is 5.17. The number of piperidine rings is 1. The topological polar surface area (TPSA) is 95.2 Å². The zero-order valence-electron chi connectivity index (χ0n) is 15.2. The van der Waals surface area contributed by atoms with Gasteiger partial charge in [-0.25, -0.2) is 4.39 Å². The summed E-state index contributed by atoms with van der Waals surface area (Å²) in [7, 11) is 0. The van der Waals surface area contributed by atoms with E-state index in [-0.39, 0.29) is 32.5 Å². The summed E-state index contributed by atoms with van der Waals surface area (Å²) in [4.78, 5) is 20.4. The molecule has 0 unspecified atom stereocenters. The highest BCUT2D eigenvalue weighted by atomic mass is 19.1. The minimum Gasteiger partial charge on any atom is -0.490 e. The Hall–Kier alpha value is -3.28. The molecule has 0 aromatic carbocycles. The summed E-state index contributed by atoms with van der Waals surface area (Å²) in [6.07, 6.45) is 4.74. The SMILES string of the molecule is N#Cc1cncc2c1OCCN(C(=O)C1(F)CCN(c3cccnn3)CC1)C2. The number of alkyl halides is 1. The molecule has 1 saturated heterocycles. The summed E-state index contributed by atoms with van der Waals surface area (Å²) < 4.78 is 21.2. The lowest BCUT2D eigenvalue weighted by Crippen LogP contribution is -2.52. The van der Waals surface area contributed by atoms with Gasteiger partial charge in [0.2, 0.25) is 0 Å². The van der Waals surface area contributed by atoms with Crippen molar-refractivity contribution >= 4 is 11.7 Å². The molecule has 144 valence electrons. The predicted octanol–water partition coefficient (Wildman–Crippen LogP) is 1.47. The Labute approximate surface area is 161 Å². The van der Waals surface area contributed by atoms with Crippen molar-refractivity contribution in [1.82, 2.24) is 20.1 Å². The molecule has 0 N–H and O–H groups in total. The van der Waals surface area contributed by atoms with Gasteiger partial charge in [-0.15, -0.1) is 5.10 Å². The number of rotatable bonds is 2. The van der Waals surface area contributed by atoms with Crippen molar-refractivity contribution in [2.45, 2.75) is 25.1 Å². The van der Waals surface area contributed by atoms with Crippen LogP contribution in [0.25, 0.3) is 0 Å². The minimum atomic E-state index is -1.93. The molecule has 4 rings (SSSR count). The second-order valence-corrected chi connectivity index (χ2v) is 6.90. The molecule has 1 fully saturated rings. The first-order chi connectivity index (χ1) is 13.6. The highest BCUT2D eigenvalue weighted by molar-refractivity contribution is 5.85. The van der Waals surface area contributed by atoms with Gasteiger partial charge in [0.15, 0.2) is 11.5 Å². The first-order valence-electron chi connectivity index (χ1n) is 9.11. The normalized spacial score (nSPS) is 18.4. The summed E-state index contributed by atoms with van der Waals surface area (Å²) >= 11 is 0. The molecular weight excluding hydrogens is 363 g/mol. The maximum absolute atomic E-state index is 15.5. The Balaban J connectivity index is 1.47. The van der Waals surface area contributed by atoms with Gasteiger partial charge >= 0.3 is 0 Å². The van der Waals surface area contributed by atoms with Gasteiger partial charge in [-0.3, -0.25) is 9.78 Å². The number of ether oxygens (including phenoxy) is 1. The number of aromatic nitrogens is 3. The Morgan fingerprint density at radius 2 is 2.11 bits per heavy atom. The molecule has 0 spiro atoms. The number of fused-ring (bicyclic) bond motifs is 1. The molecule has 2 aliphatic rings. The van der Waals surface area contributed by atoms with Crippen LogP contribution >= 0.6 is 0 Å². The zero-order chi connectivity index (χ0) is 19.6. The predicted molar refractivity (Wildman–Crippen MR) is 97.2 cm³/mol. The third-order valence-corrected chi connectivity index (χ3v) is 5.17. The maximum Gasteiger partial charge on any atom is 0.260 e. The summed E-state index contributed by atoms with van der Waals surface area (Å²) in [6.45, 7) is 1.43. The zero-order valence-corrected chi connectivity index (χ0v) is 15.2. The smallest absolute Gasteiger partial charge is 0.260 e. The lowest BCUT2D eigenvalue weighted by atomic mass is 9.91. The fraction of sp³-hybridized carbons (Fsp3) is 0.421. The van der Waals surface area contributed by atoms with Crippen LogP contribution in [0.5, 0.6) is 5.75 Å². The number of hydrogen-bond acceptors (Lipinski definition) is 7. The van der Waals surface area contributed by atoms with E-state index in [9.17, 15) is 10.1 Å². The molecule has 1 amide bonds. The highest BCUT2D eigenvalue weighted by Crippen LogP contribution is 2.33. The molecule has 0 saturated carbocycles. The first-order valence-corrected chi connectivity index (χ1v) is 9.11. The van der Waals surface area contributed by atoms with Gasteiger partial charge in [-0.2, -0.15) is 10.4 Å². The number of carbonyl (C=O) groups is 1. The van der Waals surface area contributed by atoms with E-state index in [2.05, 4.69) is 15.2 Å². The number of nitrogens with zero attached hydrogens (tertiary/aromatic N) is 6. The second-order valence-electron chi connectivity index (χ2n) is 6.90. The number of anilines is 1. The number of amides is 1. The van der Waals surface area contributed by atoms with E-state index in [1.54, 1.807) is 18.5 Å². The van der Waals surface area contributed by atoms with Crippen LogP contribution < -0.4 is 9.64 Å². The molecular formula is C19H19FN6O2. The van der Waals surface area contributed by atoms with Gasteiger partial charge in [-0.1, -0.05) is 0 Å². The summed E-state index contributed by atoms with van der Waals surface area (Å²) in [5.74, 6) is 0.576. The van der Waals surface area contributed by atoms with Gasteiger partial charge in [0.25, 0.3) is 5.91 Å². The van der Waals surface area contributed by atoms with Crippen LogP contribution in [0.15, 0.2) is 30.7 Å². The van der Waals surface area contributed by atoms with Gasteiger partial charge in [0.1, 0.15) is 24.0 Å². The molecule has 28 heavy (non-hydrogen) atoms. The fourth-order valence-corrected chi connectivity index (χ4v) is 3.62. The molecule has 2 aromatic rings. The van der Waals surface area contributed by atoms with Crippen LogP contribution in [0.2, 0.25) is 0 Å². The lowest BCUT2D eigenvalue weighted by molar-refractivity contribution is -0.146. The summed E-state index contributed by atoms with van der Waals surface area (Å²) in [5.41, 5.74) is -0.992. The monoisotopic (exact) mass is 382 g/mol. The Kier molecular flexibility index (Phi) is 4.77. The minimum absolute atomic E-state index is 0.0864. The molecule has 2 aliphatic heterocycles. The largest absolute Gasteiger partial charge is 0.490 e. The lowest BCUT2D eigenvalue weighted by Gasteiger charge is -2.38. The summed E-state index contributed by atoms with van der Waals surface area (Å²) in [6, 6.07) is 5.64. The van der Waals surface area contributed by atoms with Gasteiger partial charge < -0.3 is 14.5 Å². The quantitative estimate of drug-likeness (QED) is 0.776. The van der Waals surface area contributed by atoms with E-state index in [0.29, 0.717) is 35.8 Å². The van der Waals surface area contributed by atoms with Crippen LogP contribution in [0.1, 0.15) is 24.0 Å². The Bertz CT molecular complexity index is 908. The second kappa shape index (κ2) is 7.38. The highest BCUT2D eigenvalue weighted by Gasteiger charge is 2.45. The maximum atomic E-state index is 15.5. The number of pyridine rings is 1. The number of carbonyl (C=O) groups excluding carboxylic acids is 1. The molecule has 0 radical (unpaired) electrons. The Morgan fingerprint density at radius 3 is 2.82 bits per heavy atom. The van der Waals surface area contributed by atoms with E-state index in [0.717, 1.165) is 0 Å². The van der Waals surface area contributed by atoms with E-state index < -0.39 is 11.6 Å². The van der Waals surface area contributed by atoms with Crippen LogP contribution in [0.4, 0.5) is 10.2 Å². The average molecular weight is 382 g/mol. The first kappa shape index (κ1) is 18.1. The van der Waals surface area contributed by atoms with Gasteiger partial charge in [0, 0.05) is 50.1 Å². The number of halogens is 1. The third kappa shape index (κ3) is 3.33. The average Bonchev–Trinajstić information content (AvgIpc) is 2.96. The van der Waals surface area contributed by atoms with Gasteiger partial charge in [-0.05, 0) is 12.1 Å². The van der Waals surface area contributed by atoms with E-state index >= 15 is 4.39 Å². The number of nitriles is 1. The van der Waals surface area contributed by atoms with Crippen LogP contribution in [0.3, 0.4) is 0 Å². The molecule has 8 nitrogen and oxygen atoms in total. The summed E-state index contributed by atoms with van der Waals surface area (Å²) in [5, 5.41) is 17.1. The van der Waals surface area contributed by atoms with Crippen molar-refractivity contribution < 1.29 is 13.9 Å². The van der Waals surface area contributed by atoms with Crippen LogP contribution in [-0.4, -0.2) is 57.9 Å². The number of hydrogen-bond donors (Lipinski definition) is 0. The Morgan fingerprint density at radius 1 is 1.29 bits per heavy atom. The van der Waals surface area contributed by atoms with Crippen molar-refractivity contribution in [3.05, 3.63) is 41.9 Å². The van der Waals surface area contributed by atoms with Crippen molar-refractivity contribution in [2.75, 3.05) is 31.1 Å². The molecule has 0 bridgehead atoms. The van der Waals surface area contributed by atoms with Crippen LogP contribution in [0, 0.1) is 11.3 Å². The molecule has 0 aliphatic carbocycles. The molecule has 2 aromatic heterocycles. The standard InChI is InChI=1S/C19H19FN6O2/c20-19(3-6-25(7-4-19)16-2-1-5-23-24-16)18(27)26-8-9-28-17-14(10-21)11-22-12-15(17)13-26/h1-2,5,11-12H,3-4,6-9,13H2. The van der Waals surface area contributed by atoms with Crippen molar-refractivity contribution in [3.63, 3.8) is 0 Å². The molecule has 0 atom stereocenters. The van der Waals surface area contributed by atoms with E-state index in [4.69, 9.17) is 4.74 Å². The molecule has 9 heteroatoms. The molecule has 4 heterocycles. The van der Waals surface area contributed by atoms with E-state index in [1.807, 2.05) is 17.0 Å². The van der Waals surface area contributed by atoms with Crippen LogP contribution in [-0.2, 0) is 11.3 Å². The van der Waals surface area contributed by atoms with Crippen molar-refractivity contribution in [2.24, 2.45) is 0 Å². The van der Waals surface area contributed by atoms with E-state index in [1.165, 1.54) is 11.1 Å². The van der Waals surface area contributed by atoms with Crippen molar-refractivity contribution in [1.29, 1.82) is 5.26 Å².